The van der Waals surface area contributed by atoms with E-state index < -0.39 is 0 Å². The van der Waals surface area contributed by atoms with Crippen molar-refractivity contribution < 1.29 is 0 Å². The van der Waals surface area contributed by atoms with Crippen LogP contribution >= 0.6 is 0 Å². The summed E-state index contributed by atoms with van der Waals surface area (Å²) in [5.74, 6) is 2.31. The van der Waals surface area contributed by atoms with Crippen molar-refractivity contribution in [1.29, 1.82) is 0 Å². The van der Waals surface area contributed by atoms with Gasteiger partial charge in [0.25, 0.3) is 0 Å². The summed E-state index contributed by atoms with van der Waals surface area (Å²) in [5.41, 5.74) is 0. The van der Waals surface area contributed by atoms with E-state index in [0.717, 1.165) is 24.3 Å². The van der Waals surface area contributed by atoms with Crippen LogP contribution < -0.4 is 5.32 Å². The molecule has 74 valence electrons. The zero-order valence-corrected chi connectivity index (χ0v) is 9.52. The zero-order chi connectivity index (χ0) is 9.72. The highest BCUT2D eigenvalue weighted by Crippen LogP contribution is 2.09. The molecule has 1 N–H and O–H groups in total. The summed E-state index contributed by atoms with van der Waals surface area (Å²) >= 11 is 0. The van der Waals surface area contributed by atoms with Crippen LogP contribution in [0.5, 0.6) is 0 Å². The van der Waals surface area contributed by atoms with Crippen molar-refractivity contribution in [2.24, 2.45) is 17.8 Å². The summed E-state index contributed by atoms with van der Waals surface area (Å²) in [5, 5.41) is 3.56. The van der Waals surface area contributed by atoms with Crippen molar-refractivity contribution in [2.75, 3.05) is 6.54 Å². The van der Waals surface area contributed by atoms with Gasteiger partial charge in [0.1, 0.15) is 0 Å². The molecule has 12 heavy (non-hydrogen) atoms. The van der Waals surface area contributed by atoms with Crippen LogP contribution in [0.2, 0.25) is 0 Å². The van der Waals surface area contributed by atoms with Crippen molar-refractivity contribution in [1.82, 2.24) is 5.32 Å². The Morgan fingerprint density at radius 3 is 1.67 bits per heavy atom. The van der Waals surface area contributed by atoms with Gasteiger partial charge < -0.3 is 5.32 Å². The number of hydrogen-bond donors (Lipinski definition) is 1. The first kappa shape index (κ1) is 12.0. The molecule has 0 fully saturated rings. The Morgan fingerprint density at radius 2 is 1.33 bits per heavy atom. The SMILES string of the molecule is CC(C)C(C)NC[C@@H](C)C(C)C. The van der Waals surface area contributed by atoms with Crippen LogP contribution in [0.1, 0.15) is 41.5 Å². The molecule has 1 unspecified atom stereocenters. The Bertz CT molecular complexity index is 93.6. The lowest BCUT2D eigenvalue weighted by Gasteiger charge is -2.22. The maximum Gasteiger partial charge on any atom is 0.00618 e. The third-order valence-electron chi connectivity index (χ3n) is 2.90. The highest BCUT2D eigenvalue weighted by atomic mass is 14.9. The molecule has 0 aromatic rings. The van der Waals surface area contributed by atoms with Crippen LogP contribution in [0.25, 0.3) is 0 Å². The summed E-state index contributed by atoms with van der Waals surface area (Å²) in [6.45, 7) is 14.8. The number of rotatable bonds is 5. The first-order valence-electron chi connectivity index (χ1n) is 5.18. The van der Waals surface area contributed by atoms with Gasteiger partial charge in [0.2, 0.25) is 0 Å². The molecule has 0 amide bonds. The molecule has 0 rings (SSSR count). The van der Waals surface area contributed by atoms with E-state index in [4.69, 9.17) is 0 Å². The van der Waals surface area contributed by atoms with Gasteiger partial charge in [0, 0.05) is 6.04 Å². The van der Waals surface area contributed by atoms with Crippen LogP contribution in [0.4, 0.5) is 0 Å². The zero-order valence-electron chi connectivity index (χ0n) is 9.52. The Hall–Kier alpha value is -0.0400. The lowest BCUT2D eigenvalue weighted by Crippen LogP contribution is -2.35. The van der Waals surface area contributed by atoms with Crippen molar-refractivity contribution in [2.45, 2.75) is 47.6 Å². The van der Waals surface area contributed by atoms with Crippen molar-refractivity contribution in [3.63, 3.8) is 0 Å². The smallest absolute Gasteiger partial charge is 0.00618 e. The highest BCUT2D eigenvalue weighted by molar-refractivity contribution is 4.67. The third-order valence-corrected chi connectivity index (χ3v) is 2.90. The van der Waals surface area contributed by atoms with Crippen molar-refractivity contribution in [3.8, 4) is 0 Å². The first-order chi connectivity index (χ1) is 5.45. The van der Waals surface area contributed by atoms with E-state index in [1.54, 1.807) is 0 Å². The molecule has 0 aliphatic rings. The van der Waals surface area contributed by atoms with E-state index in [-0.39, 0.29) is 0 Å². The second-order valence-electron chi connectivity index (χ2n) is 4.66. The van der Waals surface area contributed by atoms with Crippen LogP contribution in [0.15, 0.2) is 0 Å². The summed E-state index contributed by atoms with van der Waals surface area (Å²) in [4.78, 5) is 0. The molecule has 0 spiro atoms. The van der Waals surface area contributed by atoms with E-state index in [0.29, 0.717) is 6.04 Å². The van der Waals surface area contributed by atoms with E-state index in [1.165, 1.54) is 0 Å². The fraction of sp³-hybridized carbons (Fsp3) is 1.00. The number of hydrogen-bond acceptors (Lipinski definition) is 1. The topological polar surface area (TPSA) is 12.0 Å². The van der Waals surface area contributed by atoms with E-state index in [2.05, 4.69) is 46.9 Å². The summed E-state index contributed by atoms with van der Waals surface area (Å²) in [7, 11) is 0. The van der Waals surface area contributed by atoms with E-state index in [1.807, 2.05) is 0 Å². The molecule has 0 aromatic carbocycles. The molecular weight excluding hydrogens is 146 g/mol. The Morgan fingerprint density at radius 1 is 0.833 bits per heavy atom. The molecule has 0 aliphatic heterocycles. The van der Waals surface area contributed by atoms with Gasteiger partial charge >= 0.3 is 0 Å². The van der Waals surface area contributed by atoms with E-state index in [9.17, 15) is 0 Å². The van der Waals surface area contributed by atoms with Gasteiger partial charge in [-0.2, -0.15) is 0 Å². The van der Waals surface area contributed by atoms with Gasteiger partial charge in [-0.15, -0.1) is 0 Å². The van der Waals surface area contributed by atoms with Gasteiger partial charge in [0.15, 0.2) is 0 Å². The fourth-order valence-electron chi connectivity index (χ4n) is 0.843. The Kier molecular flexibility index (Phi) is 5.56. The standard InChI is InChI=1S/C11H25N/c1-8(2)10(5)7-12-11(6)9(3)4/h8-12H,7H2,1-6H3/t10-,11?/m1/s1. The van der Waals surface area contributed by atoms with Crippen LogP contribution in [0.3, 0.4) is 0 Å². The second kappa shape index (κ2) is 5.58. The molecule has 0 bridgehead atoms. The molecule has 1 nitrogen and oxygen atoms in total. The molecule has 0 saturated heterocycles. The average molecular weight is 171 g/mol. The normalized spacial score (nSPS) is 17.0. The minimum Gasteiger partial charge on any atom is -0.314 e. The molecule has 2 atom stereocenters. The predicted molar refractivity (Wildman–Crippen MR) is 56.3 cm³/mol. The van der Waals surface area contributed by atoms with E-state index >= 15 is 0 Å². The van der Waals surface area contributed by atoms with Gasteiger partial charge in [-0.3, -0.25) is 0 Å². The first-order valence-corrected chi connectivity index (χ1v) is 5.18. The van der Waals surface area contributed by atoms with Crippen LogP contribution in [-0.4, -0.2) is 12.6 Å². The van der Waals surface area contributed by atoms with Gasteiger partial charge in [-0.25, -0.2) is 0 Å². The van der Waals surface area contributed by atoms with Crippen LogP contribution in [0, 0.1) is 17.8 Å². The molecule has 0 saturated carbocycles. The largest absolute Gasteiger partial charge is 0.314 e. The van der Waals surface area contributed by atoms with Crippen molar-refractivity contribution >= 4 is 0 Å². The molecule has 0 aliphatic carbocycles. The maximum absolute atomic E-state index is 3.56. The molecule has 1 heteroatoms. The lowest BCUT2D eigenvalue weighted by atomic mass is 9.97. The Labute approximate surface area is 77.9 Å². The van der Waals surface area contributed by atoms with Gasteiger partial charge in [0.05, 0.1) is 0 Å². The minimum absolute atomic E-state index is 0.645. The van der Waals surface area contributed by atoms with Gasteiger partial charge in [-0.1, -0.05) is 34.6 Å². The minimum atomic E-state index is 0.645. The summed E-state index contributed by atoms with van der Waals surface area (Å²) < 4.78 is 0. The van der Waals surface area contributed by atoms with Crippen molar-refractivity contribution in [3.05, 3.63) is 0 Å². The quantitative estimate of drug-likeness (QED) is 0.670. The molecule has 0 heterocycles. The Balaban J connectivity index is 3.54. The van der Waals surface area contributed by atoms with Gasteiger partial charge in [-0.05, 0) is 31.2 Å². The second-order valence-corrected chi connectivity index (χ2v) is 4.66. The summed E-state index contributed by atoms with van der Waals surface area (Å²) in [6, 6.07) is 0.645. The fourth-order valence-corrected chi connectivity index (χ4v) is 0.843. The average Bonchev–Trinajstić information content (AvgIpc) is 1.98. The molecule has 0 aromatic heterocycles. The number of nitrogens with one attached hydrogen (secondary N) is 1. The maximum atomic E-state index is 3.56. The third kappa shape index (κ3) is 4.76. The monoisotopic (exact) mass is 171 g/mol. The molecular formula is C11H25N. The summed E-state index contributed by atoms with van der Waals surface area (Å²) in [6.07, 6.45) is 0. The highest BCUT2D eigenvalue weighted by Gasteiger charge is 2.10. The lowest BCUT2D eigenvalue weighted by molar-refractivity contribution is 0.343. The molecule has 0 radical (unpaired) electrons. The predicted octanol–water partition coefficient (Wildman–Crippen LogP) is 2.91. The van der Waals surface area contributed by atoms with Crippen LogP contribution in [-0.2, 0) is 0 Å².